The molecule has 1 saturated heterocycles. The number of halogens is 1. The van der Waals surface area contributed by atoms with Crippen LogP contribution in [0.2, 0.25) is 0 Å². The van der Waals surface area contributed by atoms with E-state index in [0.29, 0.717) is 11.1 Å². The van der Waals surface area contributed by atoms with Crippen LogP contribution in [-0.4, -0.2) is 70.2 Å². The Hall–Kier alpha value is -2.62. The molecule has 0 aromatic heterocycles. The number of alkyl halides is 1. The Kier molecular flexibility index (Phi) is 6.36. The van der Waals surface area contributed by atoms with E-state index in [0.717, 1.165) is 0 Å². The van der Waals surface area contributed by atoms with Crippen LogP contribution in [0.4, 0.5) is 4.39 Å². The second kappa shape index (κ2) is 8.96. The molecule has 2 N–H and O–H groups in total. The largest absolute Gasteiger partial charge is 0.455 e. The minimum absolute atomic E-state index is 0.132. The zero-order valence-corrected chi connectivity index (χ0v) is 22.3. The predicted molar refractivity (Wildman–Crippen MR) is 133 cm³/mol. The molecule has 206 valence electrons. The van der Waals surface area contributed by atoms with E-state index < -0.39 is 76.6 Å². The lowest BCUT2D eigenvalue weighted by molar-refractivity contribution is -0.328. The van der Waals surface area contributed by atoms with Crippen LogP contribution in [0.3, 0.4) is 0 Å². The molecule has 2 bridgehead atoms. The minimum Gasteiger partial charge on any atom is -0.455 e. The van der Waals surface area contributed by atoms with Gasteiger partial charge in [-0.25, -0.2) is 9.18 Å². The van der Waals surface area contributed by atoms with Crippen molar-refractivity contribution in [1.29, 1.82) is 0 Å². The Labute approximate surface area is 221 Å². The maximum Gasteiger partial charge on any atom is 0.338 e. The zero-order valence-electron chi connectivity index (χ0n) is 22.3. The standard InChI is InChI=1S/C29H35FO8/c1-14-19(32)12-29(35)25(37-26(34)17-9-7-6-8-10-17)23-21(24(33)15(2)22(14)27(29,4)5)18(30)11-20-28(23,13-36-20)38-16(3)31/h6-10,15,18-21,23,25,32,35H,11-13H2,1-5H3/t15-,18?,19+,20-,21?,23-,25+,28+,29-/m1/s1. The van der Waals surface area contributed by atoms with E-state index in [1.54, 1.807) is 58.0 Å². The highest BCUT2D eigenvalue weighted by molar-refractivity contribution is 5.90. The van der Waals surface area contributed by atoms with E-state index >= 15 is 4.39 Å². The molecule has 3 fully saturated rings. The number of hydrogen-bond donors (Lipinski definition) is 2. The Balaban J connectivity index is 1.77. The summed E-state index contributed by atoms with van der Waals surface area (Å²) >= 11 is 0. The van der Waals surface area contributed by atoms with E-state index in [1.165, 1.54) is 6.92 Å². The number of aliphatic hydroxyl groups is 2. The number of benzene rings is 1. The van der Waals surface area contributed by atoms with Crippen molar-refractivity contribution in [3.8, 4) is 0 Å². The molecule has 0 amide bonds. The topological polar surface area (TPSA) is 119 Å². The highest BCUT2D eigenvalue weighted by atomic mass is 19.1. The number of aliphatic hydroxyl groups excluding tert-OH is 1. The molecule has 9 heteroatoms. The normalized spacial score (nSPS) is 41.6. The summed E-state index contributed by atoms with van der Waals surface area (Å²) in [5, 5.41) is 23.7. The first-order valence-corrected chi connectivity index (χ1v) is 13.1. The number of hydrogen-bond acceptors (Lipinski definition) is 8. The number of esters is 2. The Morgan fingerprint density at radius 1 is 1.18 bits per heavy atom. The summed E-state index contributed by atoms with van der Waals surface area (Å²) in [6, 6.07) is 8.14. The molecular weight excluding hydrogens is 495 g/mol. The van der Waals surface area contributed by atoms with Crippen LogP contribution in [0.5, 0.6) is 0 Å². The van der Waals surface area contributed by atoms with E-state index in [1.807, 2.05) is 0 Å². The molecule has 2 unspecified atom stereocenters. The van der Waals surface area contributed by atoms with Crippen LogP contribution in [0, 0.1) is 23.2 Å². The molecule has 1 aromatic carbocycles. The molecule has 38 heavy (non-hydrogen) atoms. The number of ketones is 1. The van der Waals surface area contributed by atoms with Crippen LogP contribution in [0.25, 0.3) is 0 Å². The Morgan fingerprint density at radius 3 is 2.42 bits per heavy atom. The molecule has 1 aromatic rings. The Bertz CT molecular complexity index is 1190. The van der Waals surface area contributed by atoms with E-state index in [2.05, 4.69) is 0 Å². The molecule has 8 nitrogen and oxygen atoms in total. The molecule has 2 saturated carbocycles. The van der Waals surface area contributed by atoms with Crippen molar-refractivity contribution < 1.29 is 43.2 Å². The van der Waals surface area contributed by atoms with E-state index in [9.17, 15) is 24.6 Å². The first-order chi connectivity index (χ1) is 17.8. The first-order valence-electron chi connectivity index (χ1n) is 13.1. The lowest BCUT2D eigenvalue weighted by atomic mass is 9.48. The summed E-state index contributed by atoms with van der Waals surface area (Å²) in [5.74, 6) is -5.30. The Morgan fingerprint density at radius 2 is 1.84 bits per heavy atom. The van der Waals surface area contributed by atoms with Crippen LogP contribution >= 0.6 is 0 Å². The number of carbonyl (C=O) groups excluding carboxylic acids is 3. The molecule has 3 aliphatic carbocycles. The molecule has 1 aliphatic heterocycles. The van der Waals surface area contributed by atoms with Crippen molar-refractivity contribution in [2.75, 3.05) is 6.61 Å². The fourth-order valence-corrected chi connectivity index (χ4v) is 7.67. The maximum absolute atomic E-state index is 16.0. The molecular formula is C29H35FO8. The van der Waals surface area contributed by atoms with Gasteiger partial charge in [-0.15, -0.1) is 0 Å². The number of ether oxygens (including phenoxy) is 3. The van der Waals surface area contributed by atoms with Crippen LogP contribution < -0.4 is 0 Å². The summed E-state index contributed by atoms with van der Waals surface area (Å²) in [5.41, 5.74) is -3.35. The average Bonchev–Trinajstić information content (AvgIpc) is 2.84. The predicted octanol–water partition coefficient (Wildman–Crippen LogP) is 2.94. The third kappa shape index (κ3) is 3.62. The van der Waals surface area contributed by atoms with Gasteiger partial charge in [-0.05, 0) is 30.2 Å². The second-order valence-electron chi connectivity index (χ2n) is 11.8. The summed E-state index contributed by atoms with van der Waals surface area (Å²) in [6.45, 7) is 7.93. The van der Waals surface area contributed by atoms with Gasteiger partial charge in [0.2, 0.25) is 0 Å². The van der Waals surface area contributed by atoms with Gasteiger partial charge >= 0.3 is 11.9 Å². The maximum atomic E-state index is 16.0. The highest BCUT2D eigenvalue weighted by Crippen LogP contribution is 2.61. The fourth-order valence-electron chi connectivity index (χ4n) is 7.67. The van der Waals surface area contributed by atoms with Gasteiger partial charge < -0.3 is 24.4 Å². The first kappa shape index (κ1) is 27.0. The number of Topliss-reactive ketones (excluding diaryl/α,β-unsaturated/α-hetero) is 1. The number of carbonyl (C=O) groups is 3. The monoisotopic (exact) mass is 530 g/mol. The van der Waals surface area contributed by atoms with Gasteiger partial charge in [0, 0.05) is 31.1 Å². The SMILES string of the molecule is CC(=O)O[C@@]12CO[C@@H]1CC(F)C1C(=O)[C@H](C)C3=C(C)[C@@H](O)C[C@@](O)([C@@H](OC(=O)c4ccccc4)[C@@H]12)C3(C)C. The van der Waals surface area contributed by atoms with Gasteiger partial charge in [0.1, 0.15) is 29.8 Å². The van der Waals surface area contributed by atoms with E-state index in [-0.39, 0.29) is 25.0 Å². The molecule has 5 rings (SSSR count). The van der Waals surface area contributed by atoms with Crippen LogP contribution in [0.1, 0.15) is 57.8 Å². The summed E-state index contributed by atoms with van der Waals surface area (Å²) in [6.07, 6.45) is -5.58. The van der Waals surface area contributed by atoms with Crippen molar-refractivity contribution in [3.63, 3.8) is 0 Å². The lowest BCUT2D eigenvalue weighted by Gasteiger charge is -2.64. The third-order valence-corrected chi connectivity index (χ3v) is 9.58. The summed E-state index contributed by atoms with van der Waals surface area (Å²) in [4.78, 5) is 40.0. The van der Waals surface area contributed by atoms with Gasteiger partial charge in [0.25, 0.3) is 0 Å². The van der Waals surface area contributed by atoms with Gasteiger partial charge in [-0.1, -0.05) is 39.0 Å². The number of rotatable bonds is 3. The van der Waals surface area contributed by atoms with Gasteiger partial charge in [0.15, 0.2) is 5.60 Å². The second-order valence-corrected chi connectivity index (χ2v) is 11.8. The third-order valence-electron chi connectivity index (χ3n) is 9.58. The molecule has 1 heterocycles. The molecule has 4 aliphatic rings. The summed E-state index contributed by atoms with van der Waals surface area (Å²) in [7, 11) is 0. The van der Waals surface area contributed by atoms with Crippen molar-refractivity contribution in [2.45, 2.75) is 83.1 Å². The van der Waals surface area contributed by atoms with Crippen LogP contribution in [0.15, 0.2) is 41.5 Å². The van der Waals surface area contributed by atoms with Crippen LogP contribution in [-0.2, 0) is 23.8 Å². The van der Waals surface area contributed by atoms with E-state index in [4.69, 9.17) is 14.2 Å². The average molecular weight is 531 g/mol. The minimum atomic E-state index is -1.94. The molecule has 0 spiro atoms. The van der Waals surface area contributed by atoms with Gasteiger partial charge in [-0.2, -0.15) is 0 Å². The summed E-state index contributed by atoms with van der Waals surface area (Å²) < 4.78 is 33.6. The van der Waals surface area contributed by atoms with Crippen molar-refractivity contribution in [2.24, 2.45) is 23.2 Å². The lowest BCUT2D eigenvalue weighted by Crippen LogP contribution is -2.78. The molecule has 0 radical (unpaired) electrons. The van der Waals surface area contributed by atoms with Crippen molar-refractivity contribution in [1.82, 2.24) is 0 Å². The van der Waals surface area contributed by atoms with Gasteiger partial charge in [0.05, 0.1) is 30.1 Å². The zero-order chi connectivity index (χ0) is 27.8. The smallest absolute Gasteiger partial charge is 0.338 e. The quantitative estimate of drug-likeness (QED) is 0.452. The van der Waals surface area contributed by atoms with Crippen molar-refractivity contribution in [3.05, 3.63) is 47.0 Å². The van der Waals surface area contributed by atoms with Crippen molar-refractivity contribution >= 4 is 17.7 Å². The van der Waals surface area contributed by atoms with Gasteiger partial charge in [-0.3, -0.25) is 9.59 Å². The highest BCUT2D eigenvalue weighted by Gasteiger charge is 2.74. The fraction of sp³-hybridized carbons (Fsp3) is 0.621. The number of fused-ring (bicyclic) bond motifs is 5. The molecule has 9 atom stereocenters.